The van der Waals surface area contributed by atoms with Gasteiger partial charge in [0.15, 0.2) is 0 Å². The van der Waals surface area contributed by atoms with E-state index >= 15 is 0 Å². The SMILES string of the molecule is NCC=Cc1ccc(O)c(Cl)c1. The van der Waals surface area contributed by atoms with Crippen LogP contribution in [-0.4, -0.2) is 11.7 Å². The summed E-state index contributed by atoms with van der Waals surface area (Å²) in [6.07, 6.45) is 3.67. The maximum atomic E-state index is 9.09. The van der Waals surface area contributed by atoms with Crippen LogP contribution in [-0.2, 0) is 0 Å². The largest absolute Gasteiger partial charge is 0.506 e. The van der Waals surface area contributed by atoms with Gasteiger partial charge in [0.2, 0.25) is 0 Å². The van der Waals surface area contributed by atoms with Gasteiger partial charge in [-0.1, -0.05) is 29.8 Å². The average Bonchev–Trinajstić information content (AvgIpc) is 2.07. The second kappa shape index (κ2) is 4.14. The normalized spacial score (nSPS) is 10.8. The van der Waals surface area contributed by atoms with Crippen LogP contribution >= 0.6 is 11.6 Å². The fourth-order valence-corrected chi connectivity index (χ4v) is 1.02. The van der Waals surface area contributed by atoms with Crippen molar-refractivity contribution in [3.05, 3.63) is 34.9 Å². The second-order valence-electron chi connectivity index (χ2n) is 2.35. The number of phenols is 1. The molecule has 64 valence electrons. The van der Waals surface area contributed by atoms with Crippen molar-refractivity contribution >= 4 is 17.7 Å². The van der Waals surface area contributed by atoms with Gasteiger partial charge >= 0.3 is 0 Å². The highest BCUT2D eigenvalue weighted by Crippen LogP contribution is 2.23. The van der Waals surface area contributed by atoms with E-state index in [1.807, 2.05) is 12.2 Å². The summed E-state index contributed by atoms with van der Waals surface area (Å²) in [6, 6.07) is 5.01. The number of benzene rings is 1. The predicted molar refractivity (Wildman–Crippen MR) is 51.2 cm³/mol. The molecular formula is C9H10ClNO. The quantitative estimate of drug-likeness (QED) is 0.737. The maximum Gasteiger partial charge on any atom is 0.134 e. The molecule has 3 heteroatoms. The topological polar surface area (TPSA) is 46.2 Å². The highest BCUT2D eigenvalue weighted by Gasteiger charge is 1.96. The van der Waals surface area contributed by atoms with Crippen LogP contribution in [0, 0.1) is 0 Å². The van der Waals surface area contributed by atoms with Gasteiger partial charge < -0.3 is 10.8 Å². The van der Waals surface area contributed by atoms with Gasteiger partial charge in [-0.2, -0.15) is 0 Å². The zero-order valence-electron chi connectivity index (χ0n) is 6.50. The Morgan fingerprint density at radius 1 is 1.50 bits per heavy atom. The van der Waals surface area contributed by atoms with Gasteiger partial charge in [-0.15, -0.1) is 0 Å². The van der Waals surface area contributed by atoms with E-state index < -0.39 is 0 Å². The molecule has 0 radical (unpaired) electrons. The standard InChI is InChI=1S/C9H10ClNO/c10-8-6-7(2-1-5-11)3-4-9(8)12/h1-4,6,12H,5,11H2. The van der Waals surface area contributed by atoms with Gasteiger partial charge in [0.25, 0.3) is 0 Å². The van der Waals surface area contributed by atoms with Crippen LogP contribution in [0.15, 0.2) is 24.3 Å². The lowest BCUT2D eigenvalue weighted by Crippen LogP contribution is -1.91. The van der Waals surface area contributed by atoms with E-state index in [2.05, 4.69) is 0 Å². The van der Waals surface area contributed by atoms with Crippen molar-refractivity contribution in [1.82, 2.24) is 0 Å². The monoisotopic (exact) mass is 183 g/mol. The summed E-state index contributed by atoms with van der Waals surface area (Å²) in [5.74, 6) is 0.0987. The number of nitrogens with two attached hydrogens (primary N) is 1. The molecule has 2 nitrogen and oxygen atoms in total. The minimum atomic E-state index is 0.0987. The molecule has 0 saturated carbocycles. The first-order valence-electron chi connectivity index (χ1n) is 3.59. The molecule has 1 aromatic carbocycles. The Bertz CT molecular complexity index is 297. The Kier molecular flexibility index (Phi) is 3.14. The second-order valence-corrected chi connectivity index (χ2v) is 2.76. The Hall–Kier alpha value is -0.990. The number of hydrogen-bond acceptors (Lipinski definition) is 2. The van der Waals surface area contributed by atoms with Crippen LogP contribution < -0.4 is 5.73 Å². The third-order valence-corrected chi connectivity index (χ3v) is 1.72. The zero-order chi connectivity index (χ0) is 8.97. The number of rotatable bonds is 2. The van der Waals surface area contributed by atoms with Crippen LogP contribution in [0.4, 0.5) is 0 Å². The Morgan fingerprint density at radius 2 is 2.25 bits per heavy atom. The highest BCUT2D eigenvalue weighted by atomic mass is 35.5. The lowest BCUT2D eigenvalue weighted by Gasteiger charge is -1.97. The van der Waals surface area contributed by atoms with E-state index in [9.17, 15) is 0 Å². The van der Waals surface area contributed by atoms with Crippen molar-refractivity contribution in [2.45, 2.75) is 0 Å². The summed E-state index contributed by atoms with van der Waals surface area (Å²) < 4.78 is 0. The van der Waals surface area contributed by atoms with Crippen molar-refractivity contribution in [3.8, 4) is 5.75 Å². The fourth-order valence-electron chi connectivity index (χ4n) is 0.831. The van der Waals surface area contributed by atoms with E-state index in [1.54, 1.807) is 18.2 Å². The summed E-state index contributed by atoms with van der Waals surface area (Å²) in [4.78, 5) is 0. The lowest BCUT2D eigenvalue weighted by atomic mass is 10.2. The van der Waals surface area contributed by atoms with E-state index in [0.29, 0.717) is 11.6 Å². The van der Waals surface area contributed by atoms with Crippen molar-refractivity contribution in [2.75, 3.05) is 6.54 Å². The van der Waals surface area contributed by atoms with Crippen LogP contribution in [0.2, 0.25) is 5.02 Å². The molecule has 12 heavy (non-hydrogen) atoms. The highest BCUT2D eigenvalue weighted by molar-refractivity contribution is 6.32. The smallest absolute Gasteiger partial charge is 0.134 e. The first-order chi connectivity index (χ1) is 5.74. The van der Waals surface area contributed by atoms with E-state index in [1.165, 1.54) is 0 Å². The molecule has 0 saturated heterocycles. The van der Waals surface area contributed by atoms with E-state index in [0.717, 1.165) is 5.56 Å². The molecule has 1 aromatic rings. The molecule has 3 N–H and O–H groups in total. The van der Waals surface area contributed by atoms with E-state index in [-0.39, 0.29) is 5.75 Å². The first-order valence-corrected chi connectivity index (χ1v) is 3.97. The molecule has 0 fully saturated rings. The van der Waals surface area contributed by atoms with Gasteiger partial charge in [-0.3, -0.25) is 0 Å². The van der Waals surface area contributed by atoms with Gasteiger partial charge in [0.1, 0.15) is 5.75 Å². The Morgan fingerprint density at radius 3 is 2.83 bits per heavy atom. The van der Waals surface area contributed by atoms with Gasteiger partial charge in [0.05, 0.1) is 5.02 Å². The number of phenolic OH excluding ortho intramolecular Hbond substituents is 1. The lowest BCUT2D eigenvalue weighted by molar-refractivity contribution is 0.475. The average molecular weight is 184 g/mol. The van der Waals surface area contributed by atoms with Crippen molar-refractivity contribution < 1.29 is 5.11 Å². The molecule has 0 heterocycles. The number of hydrogen-bond donors (Lipinski definition) is 2. The molecule has 0 aliphatic carbocycles. The third-order valence-electron chi connectivity index (χ3n) is 1.42. The van der Waals surface area contributed by atoms with Crippen LogP contribution in [0.3, 0.4) is 0 Å². The molecule has 0 spiro atoms. The molecule has 0 bridgehead atoms. The van der Waals surface area contributed by atoms with Crippen molar-refractivity contribution in [1.29, 1.82) is 0 Å². The maximum absolute atomic E-state index is 9.09. The molecular weight excluding hydrogens is 174 g/mol. The first kappa shape index (κ1) is 9.10. The number of halogens is 1. The molecule has 0 unspecified atom stereocenters. The Balaban J connectivity index is 2.89. The van der Waals surface area contributed by atoms with Gasteiger partial charge in [-0.05, 0) is 17.7 Å². The molecule has 0 amide bonds. The minimum Gasteiger partial charge on any atom is -0.506 e. The van der Waals surface area contributed by atoms with Crippen molar-refractivity contribution in [2.24, 2.45) is 5.73 Å². The minimum absolute atomic E-state index is 0.0987. The van der Waals surface area contributed by atoms with Crippen LogP contribution in [0.25, 0.3) is 6.08 Å². The summed E-state index contributed by atoms with van der Waals surface area (Å²) in [5, 5.41) is 9.44. The summed E-state index contributed by atoms with van der Waals surface area (Å²) in [5.41, 5.74) is 6.21. The molecule has 0 aliphatic heterocycles. The summed E-state index contributed by atoms with van der Waals surface area (Å²) in [7, 11) is 0. The molecule has 0 atom stereocenters. The summed E-state index contributed by atoms with van der Waals surface area (Å²) >= 11 is 5.68. The fraction of sp³-hybridized carbons (Fsp3) is 0.111. The molecule has 1 rings (SSSR count). The van der Waals surface area contributed by atoms with E-state index in [4.69, 9.17) is 22.4 Å². The van der Waals surface area contributed by atoms with Gasteiger partial charge in [0, 0.05) is 6.54 Å². The third kappa shape index (κ3) is 2.26. The Labute approximate surface area is 76.3 Å². The van der Waals surface area contributed by atoms with Crippen LogP contribution in [0.5, 0.6) is 5.75 Å². The number of aromatic hydroxyl groups is 1. The predicted octanol–water partition coefficient (Wildman–Crippen LogP) is 2.02. The van der Waals surface area contributed by atoms with Crippen LogP contribution in [0.1, 0.15) is 5.56 Å². The summed E-state index contributed by atoms with van der Waals surface area (Å²) in [6.45, 7) is 0.499. The van der Waals surface area contributed by atoms with Gasteiger partial charge in [-0.25, -0.2) is 0 Å². The molecule has 0 aromatic heterocycles. The van der Waals surface area contributed by atoms with Crippen molar-refractivity contribution in [3.63, 3.8) is 0 Å². The molecule has 0 aliphatic rings. The zero-order valence-corrected chi connectivity index (χ0v) is 7.25.